The molecule has 1 aliphatic rings. The number of phenols is 1. The van der Waals surface area contributed by atoms with Crippen LogP contribution in [0.5, 0.6) is 5.75 Å². The summed E-state index contributed by atoms with van der Waals surface area (Å²) in [6.45, 7) is 2.25. The number of hydrogen-bond donors (Lipinski definition) is 1. The smallest absolute Gasteiger partial charge is 0.127 e. The summed E-state index contributed by atoms with van der Waals surface area (Å²) >= 11 is 0. The van der Waals surface area contributed by atoms with E-state index in [0.717, 1.165) is 17.5 Å². The second-order valence-corrected chi connectivity index (χ2v) is 7.19. The van der Waals surface area contributed by atoms with E-state index in [0.29, 0.717) is 11.7 Å². The molecule has 0 saturated heterocycles. The first-order chi connectivity index (χ1) is 11.8. The second-order valence-electron chi connectivity index (χ2n) is 7.19. The minimum Gasteiger partial charge on any atom is -0.507 e. The van der Waals surface area contributed by atoms with E-state index < -0.39 is 0 Å². The Balaban J connectivity index is 1.98. The lowest BCUT2D eigenvalue weighted by molar-refractivity contribution is 0.412. The summed E-state index contributed by atoms with van der Waals surface area (Å²) in [6, 6.07) is 14.7. The van der Waals surface area contributed by atoms with Gasteiger partial charge in [-0.05, 0) is 42.7 Å². The molecule has 0 atom stereocenters. The zero-order chi connectivity index (χ0) is 16.8. The van der Waals surface area contributed by atoms with Crippen molar-refractivity contribution < 1.29 is 5.11 Å². The van der Waals surface area contributed by atoms with Crippen LogP contribution >= 0.6 is 0 Å². The standard InChI is InChI=1S/C23H30O/c1-2-3-6-13-20-16-17-21(18-11-7-4-8-12-18)23(24)22(20)19-14-9-5-10-15-19/h4,7-8,11-12,16-17,19,24H,2-3,5-6,9-10,13-15H2,1H3. The van der Waals surface area contributed by atoms with Crippen molar-refractivity contribution in [2.75, 3.05) is 0 Å². The lowest BCUT2D eigenvalue weighted by Crippen LogP contribution is -2.08. The molecule has 0 radical (unpaired) electrons. The van der Waals surface area contributed by atoms with Crippen LogP contribution in [0.2, 0.25) is 0 Å². The molecule has 0 bridgehead atoms. The second kappa shape index (κ2) is 8.37. The van der Waals surface area contributed by atoms with Gasteiger partial charge in [0.15, 0.2) is 0 Å². The van der Waals surface area contributed by atoms with Crippen molar-refractivity contribution in [3.63, 3.8) is 0 Å². The van der Waals surface area contributed by atoms with Gasteiger partial charge in [-0.15, -0.1) is 0 Å². The predicted octanol–water partition coefficient (Wildman–Crippen LogP) is 6.84. The first-order valence-electron chi connectivity index (χ1n) is 9.71. The third kappa shape index (κ3) is 3.83. The number of benzene rings is 2. The number of hydrogen-bond acceptors (Lipinski definition) is 1. The molecule has 0 unspecified atom stereocenters. The van der Waals surface area contributed by atoms with Gasteiger partial charge in [-0.3, -0.25) is 0 Å². The average molecular weight is 322 g/mol. The third-order valence-corrected chi connectivity index (χ3v) is 5.46. The molecule has 0 aromatic heterocycles. The first-order valence-corrected chi connectivity index (χ1v) is 9.71. The van der Waals surface area contributed by atoms with E-state index in [1.807, 2.05) is 18.2 Å². The van der Waals surface area contributed by atoms with Gasteiger partial charge in [-0.1, -0.05) is 81.5 Å². The number of unbranched alkanes of at least 4 members (excludes halogenated alkanes) is 2. The lowest BCUT2D eigenvalue weighted by atomic mass is 9.79. The lowest BCUT2D eigenvalue weighted by Gasteiger charge is -2.26. The van der Waals surface area contributed by atoms with E-state index >= 15 is 0 Å². The van der Waals surface area contributed by atoms with Crippen molar-refractivity contribution in [2.24, 2.45) is 0 Å². The number of aryl methyl sites for hydroxylation is 1. The van der Waals surface area contributed by atoms with Gasteiger partial charge < -0.3 is 5.11 Å². The summed E-state index contributed by atoms with van der Waals surface area (Å²) in [7, 11) is 0. The maximum Gasteiger partial charge on any atom is 0.127 e. The van der Waals surface area contributed by atoms with E-state index in [4.69, 9.17) is 0 Å². The summed E-state index contributed by atoms with van der Waals surface area (Å²) in [5.74, 6) is 1.08. The highest BCUT2D eigenvalue weighted by molar-refractivity contribution is 5.73. The van der Waals surface area contributed by atoms with Gasteiger partial charge in [0.1, 0.15) is 5.75 Å². The Morgan fingerprint density at radius 2 is 1.67 bits per heavy atom. The van der Waals surface area contributed by atoms with Crippen molar-refractivity contribution in [1.29, 1.82) is 0 Å². The molecule has 1 heteroatoms. The molecular weight excluding hydrogens is 292 g/mol. The molecule has 128 valence electrons. The Kier molecular flexibility index (Phi) is 5.96. The van der Waals surface area contributed by atoms with Crippen LogP contribution < -0.4 is 0 Å². The summed E-state index contributed by atoms with van der Waals surface area (Å²) < 4.78 is 0. The fraction of sp³-hybridized carbons (Fsp3) is 0.478. The Labute approximate surface area is 146 Å². The Morgan fingerprint density at radius 1 is 0.917 bits per heavy atom. The Bertz CT molecular complexity index is 639. The molecular formula is C23H30O. The van der Waals surface area contributed by atoms with Crippen molar-refractivity contribution in [3.05, 3.63) is 53.6 Å². The molecule has 0 heterocycles. The monoisotopic (exact) mass is 322 g/mol. The van der Waals surface area contributed by atoms with Gasteiger partial charge in [0, 0.05) is 11.1 Å². The van der Waals surface area contributed by atoms with E-state index in [1.165, 1.54) is 62.5 Å². The molecule has 2 aromatic carbocycles. The third-order valence-electron chi connectivity index (χ3n) is 5.46. The van der Waals surface area contributed by atoms with Gasteiger partial charge in [-0.25, -0.2) is 0 Å². The van der Waals surface area contributed by atoms with Crippen LogP contribution in [-0.2, 0) is 6.42 Å². The van der Waals surface area contributed by atoms with Crippen LogP contribution in [0.25, 0.3) is 11.1 Å². The van der Waals surface area contributed by atoms with Gasteiger partial charge in [0.05, 0.1) is 0 Å². The van der Waals surface area contributed by atoms with Crippen LogP contribution in [0.1, 0.15) is 75.3 Å². The summed E-state index contributed by atoms with van der Waals surface area (Å²) in [6.07, 6.45) is 11.2. The fourth-order valence-electron chi connectivity index (χ4n) is 4.13. The highest BCUT2D eigenvalue weighted by Gasteiger charge is 2.23. The highest BCUT2D eigenvalue weighted by atomic mass is 16.3. The van der Waals surface area contributed by atoms with Crippen molar-refractivity contribution in [1.82, 2.24) is 0 Å². The van der Waals surface area contributed by atoms with Crippen molar-refractivity contribution in [2.45, 2.75) is 70.6 Å². The maximum atomic E-state index is 11.1. The van der Waals surface area contributed by atoms with Crippen LogP contribution in [0.15, 0.2) is 42.5 Å². The minimum atomic E-state index is 0.541. The Hall–Kier alpha value is -1.76. The maximum absolute atomic E-state index is 11.1. The molecule has 0 aliphatic heterocycles. The van der Waals surface area contributed by atoms with Crippen LogP contribution in [0.3, 0.4) is 0 Å². The zero-order valence-corrected chi connectivity index (χ0v) is 14.9. The minimum absolute atomic E-state index is 0.541. The topological polar surface area (TPSA) is 20.2 Å². The number of rotatable bonds is 6. The van der Waals surface area contributed by atoms with Gasteiger partial charge in [0.2, 0.25) is 0 Å². The molecule has 1 fully saturated rings. The molecule has 24 heavy (non-hydrogen) atoms. The summed E-state index contributed by atoms with van der Waals surface area (Å²) in [4.78, 5) is 0. The Morgan fingerprint density at radius 3 is 2.38 bits per heavy atom. The SMILES string of the molecule is CCCCCc1ccc(-c2ccccc2)c(O)c1C1CCCCC1. The van der Waals surface area contributed by atoms with Crippen molar-refractivity contribution >= 4 is 0 Å². The molecule has 2 aromatic rings. The van der Waals surface area contributed by atoms with E-state index in [1.54, 1.807) is 0 Å². The fourth-order valence-corrected chi connectivity index (χ4v) is 4.13. The summed E-state index contributed by atoms with van der Waals surface area (Å²) in [5.41, 5.74) is 4.75. The molecule has 1 saturated carbocycles. The van der Waals surface area contributed by atoms with E-state index in [2.05, 4.69) is 31.2 Å². The van der Waals surface area contributed by atoms with Crippen LogP contribution in [0, 0.1) is 0 Å². The normalized spacial score (nSPS) is 15.5. The molecule has 0 spiro atoms. The van der Waals surface area contributed by atoms with Gasteiger partial charge in [0.25, 0.3) is 0 Å². The van der Waals surface area contributed by atoms with Crippen LogP contribution in [-0.4, -0.2) is 5.11 Å². The quantitative estimate of drug-likeness (QED) is 0.577. The van der Waals surface area contributed by atoms with Crippen LogP contribution in [0.4, 0.5) is 0 Å². The summed E-state index contributed by atoms with van der Waals surface area (Å²) in [5, 5.41) is 11.1. The largest absolute Gasteiger partial charge is 0.507 e. The molecule has 3 rings (SSSR count). The first kappa shape index (κ1) is 17.1. The van der Waals surface area contributed by atoms with E-state index in [9.17, 15) is 5.11 Å². The number of aromatic hydroxyl groups is 1. The molecule has 1 N–H and O–H groups in total. The zero-order valence-electron chi connectivity index (χ0n) is 14.9. The van der Waals surface area contributed by atoms with Gasteiger partial charge in [-0.2, -0.15) is 0 Å². The van der Waals surface area contributed by atoms with E-state index in [-0.39, 0.29) is 0 Å². The number of phenolic OH excluding ortho intramolecular Hbond substituents is 1. The molecule has 1 nitrogen and oxygen atoms in total. The van der Waals surface area contributed by atoms with Gasteiger partial charge >= 0.3 is 0 Å². The highest BCUT2D eigenvalue weighted by Crippen LogP contribution is 2.43. The molecule has 0 amide bonds. The molecule has 1 aliphatic carbocycles. The predicted molar refractivity (Wildman–Crippen MR) is 103 cm³/mol. The van der Waals surface area contributed by atoms with Crippen molar-refractivity contribution in [3.8, 4) is 16.9 Å². The average Bonchev–Trinajstić information content (AvgIpc) is 2.63.